The molecule has 0 aromatic rings. The molecule has 3 heteroatoms. The summed E-state index contributed by atoms with van der Waals surface area (Å²) in [5, 5.41) is 9.02. The van der Waals surface area contributed by atoms with Crippen LogP contribution in [0.1, 0.15) is 19.3 Å². The van der Waals surface area contributed by atoms with E-state index in [1.165, 1.54) is 6.42 Å². The molecule has 1 aliphatic carbocycles. The fourth-order valence-corrected chi connectivity index (χ4v) is 2.64. The van der Waals surface area contributed by atoms with Gasteiger partial charge in [-0.05, 0) is 43.7 Å². The lowest BCUT2D eigenvalue weighted by Crippen LogP contribution is -2.36. The summed E-state index contributed by atoms with van der Waals surface area (Å²) >= 11 is 0. The topological polar surface area (TPSA) is 23.5 Å². The standard InChI is InChI=1S/C10H18FNO/c11-3-6-12-4-1-10(2-5-12)7-9(10)8-13/h9,13H,1-8H2. The van der Waals surface area contributed by atoms with Crippen molar-refractivity contribution in [2.75, 3.05) is 32.9 Å². The fourth-order valence-electron chi connectivity index (χ4n) is 2.64. The Bertz CT molecular complexity index is 178. The maximum absolute atomic E-state index is 12.0. The molecule has 0 amide bonds. The lowest BCUT2D eigenvalue weighted by molar-refractivity contribution is 0.140. The molecule has 1 aliphatic heterocycles. The largest absolute Gasteiger partial charge is 0.396 e. The first-order chi connectivity index (χ1) is 6.30. The predicted molar refractivity (Wildman–Crippen MR) is 49.3 cm³/mol. The second-order valence-electron chi connectivity index (χ2n) is 4.48. The van der Waals surface area contributed by atoms with E-state index >= 15 is 0 Å². The third-order valence-corrected chi connectivity index (χ3v) is 3.83. The number of rotatable bonds is 3. The molecular formula is C10H18FNO. The molecule has 1 unspecified atom stereocenters. The molecule has 1 saturated carbocycles. The second-order valence-corrected chi connectivity index (χ2v) is 4.48. The Hall–Kier alpha value is -0.150. The van der Waals surface area contributed by atoms with Crippen LogP contribution in [0.25, 0.3) is 0 Å². The van der Waals surface area contributed by atoms with Crippen molar-refractivity contribution in [3.05, 3.63) is 0 Å². The van der Waals surface area contributed by atoms with Gasteiger partial charge in [-0.2, -0.15) is 0 Å². The summed E-state index contributed by atoms with van der Waals surface area (Å²) in [5.41, 5.74) is 0.460. The quantitative estimate of drug-likeness (QED) is 0.714. The van der Waals surface area contributed by atoms with E-state index in [2.05, 4.69) is 4.90 Å². The van der Waals surface area contributed by atoms with Crippen molar-refractivity contribution in [3.63, 3.8) is 0 Å². The van der Waals surface area contributed by atoms with Crippen molar-refractivity contribution < 1.29 is 9.50 Å². The Kier molecular flexibility index (Phi) is 2.56. The highest BCUT2D eigenvalue weighted by Crippen LogP contribution is 2.58. The lowest BCUT2D eigenvalue weighted by atomic mass is 9.91. The minimum atomic E-state index is -0.226. The zero-order chi connectivity index (χ0) is 9.31. The van der Waals surface area contributed by atoms with Gasteiger partial charge in [0.05, 0.1) is 0 Å². The van der Waals surface area contributed by atoms with Crippen molar-refractivity contribution in [1.82, 2.24) is 4.90 Å². The van der Waals surface area contributed by atoms with E-state index in [4.69, 9.17) is 5.11 Å². The van der Waals surface area contributed by atoms with E-state index in [0.29, 0.717) is 24.5 Å². The van der Waals surface area contributed by atoms with Gasteiger partial charge < -0.3 is 10.0 Å². The molecule has 2 rings (SSSR count). The number of hydrogen-bond acceptors (Lipinski definition) is 2. The normalized spacial score (nSPS) is 32.3. The zero-order valence-electron chi connectivity index (χ0n) is 8.01. The van der Waals surface area contributed by atoms with Gasteiger partial charge in [-0.1, -0.05) is 0 Å². The van der Waals surface area contributed by atoms with E-state index in [1.54, 1.807) is 0 Å². The minimum absolute atomic E-state index is 0.226. The molecule has 0 radical (unpaired) electrons. The van der Waals surface area contributed by atoms with Crippen LogP contribution in [-0.2, 0) is 0 Å². The highest BCUT2D eigenvalue weighted by molar-refractivity contribution is 5.04. The van der Waals surface area contributed by atoms with Crippen molar-refractivity contribution in [1.29, 1.82) is 0 Å². The highest BCUT2D eigenvalue weighted by atomic mass is 19.1. The number of alkyl halides is 1. The van der Waals surface area contributed by atoms with E-state index in [9.17, 15) is 4.39 Å². The Morgan fingerprint density at radius 2 is 2.08 bits per heavy atom. The number of aliphatic hydroxyl groups excluding tert-OH is 1. The lowest BCUT2D eigenvalue weighted by Gasteiger charge is -2.32. The number of likely N-dealkylation sites (tertiary alicyclic amines) is 1. The molecule has 2 nitrogen and oxygen atoms in total. The van der Waals surface area contributed by atoms with Gasteiger partial charge in [0.25, 0.3) is 0 Å². The predicted octanol–water partition coefficient (Wildman–Crippen LogP) is 1.05. The molecule has 76 valence electrons. The smallest absolute Gasteiger partial charge is 0.102 e. The first-order valence-corrected chi connectivity index (χ1v) is 5.20. The molecule has 1 N–H and O–H groups in total. The van der Waals surface area contributed by atoms with Gasteiger partial charge in [-0.3, -0.25) is 0 Å². The maximum atomic E-state index is 12.0. The molecule has 2 fully saturated rings. The maximum Gasteiger partial charge on any atom is 0.102 e. The summed E-state index contributed by atoms with van der Waals surface area (Å²) in [6, 6.07) is 0. The number of nitrogens with zero attached hydrogens (tertiary/aromatic N) is 1. The van der Waals surface area contributed by atoms with Gasteiger partial charge >= 0.3 is 0 Å². The number of aliphatic hydroxyl groups is 1. The van der Waals surface area contributed by atoms with Crippen molar-refractivity contribution >= 4 is 0 Å². The number of piperidine rings is 1. The molecule has 1 atom stereocenters. The van der Waals surface area contributed by atoms with Crippen molar-refractivity contribution in [3.8, 4) is 0 Å². The Morgan fingerprint density at radius 3 is 2.54 bits per heavy atom. The molecule has 2 aliphatic rings. The summed E-state index contributed by atoms with van der Waals surface area (Å²) in [5.74, 6) is 0.556. The zero-order valence-corrected chi connectivity index (χ0v) is 8.01. The number of halogens is 1. The Labute approximate surface area is 78.7 Å². The molecule has 1 spiro atoms. The average molecular weight is 187 g/mol. The molecule has 1 saturated heterocycles. The van der Waals surface area contributed by atoms with Crippen LogP contribution in [0, 0.1) is 11.3 Å². The molecule has 1 heterocycles. The van der Waals surface area contributed by atoms with Gasteiger partial charge in [0.15, 0.2) is 0 Å². The molecular weight excluding hydrogens is 169 g/mol. The van der Waals surface area contributed by atoms with E-state index in [1.807, 2.05) is 0 Å². The average Bonchev–Trinajstić information content (AvgIpc) is 2.84. The van der Waals surface area contributed by atoms with E-state index in [-0.39, 0.29) is 6.67 Å². The van der Waals surface area contributed by atoms with E-state index in [0.717, 1.165) is 25.9 Å². The van der Waals surface area contributed by atoms with Crippen LogP contribution in [0.2, 0.25) is 0 Å². The van der Waals surface area contributed by atoms with Crippen LogP contribution in [0.3, 0.4) is 0 Å². The third kappa shape index (κ3) is 1.72. The van der Waals surface area contributed by atoms with Gasteiger partial charge in [-0.15, -0.1) is 0 Å². The van der Waals surface area contributed by atoms with Crippen LogP contribution >= 0.6 is 0 Å². The third-order valence-electron chi connectivity index (χ3n) is 3.83. The van der Waals surface area contributed by atoms with Crippen LogP contribution < -0.4 is 0 Å². The summed E-state index contributed by atoms with van der Waals surface area (Å²) in [6.07, 6.45) is 3.53. The van der Waals surface area contributed by atoms with Gasteiger partial charge in [0.1, 0.15) is 6.67 Å². The summed E-state index contributed by atoms with van der Waals surface area (Å²) in [7, 11) is 0. The second kappa shape index (κ2) is 3.54. The van der Waals surface area contributed by atoms with Crippen LogP contribution in [0.15, 0.2) is 0 Å². The first kappa shape index (κ1) is 9.41. The first-order valence-electron chi connectivity index (χ1n) is 5.20. The molecule has 0 bridgehead atoms. The van der Waals surface area contributed by atoms with Crippen LogP contribution in [0.5, 0.6) is 0 Å². The van der Waals surface area contributed by atoms with Crippen LogP contribution in [-0.4, -0.2) is 42.9 Å². The van der Waals surface area contributed by atoms with Gasteiger partial charge in [0, 0.05) is 13.2 Å². The molecule has 13 heavy (non-hydrogen) atoms. The van der Waals surface area contributed by atoms with E-state index < -0.39 is 0 Å². The van der Waals surface area contributed by atoms with Gasteiger partial charge in [0.2, 0.25) is 0 Å². The summed E-state index contributed by atoms with van der Waals surface area (Å²) in [4.78, 5) is 2.19. The Morgan fingerprint density at radius 1 is 1.38 bits per heavy atom. The monoisotopic (exact) mass is 187 g/mol. The molecule has 0 aromatic heterocycles. The van der Waals surface area contributed by atoms with Crippen molar-refractivity contribution in [2.24, 2.45) is 11.3 Å². The fraction of sp³-hybridized carbons (Fsp3) is 1.00. The van der Waals surface area contributed by atoms with Crippen LogP contribution in [0.4, 0.5) is 4.39 Å². The summed E-state index contributed by atoms with van der Waals surface area (Å²) < 4.78 is 12.0. The van der Waals surface area contributed by atoms with Gasteiger partial charge in [-0.25, -0.2) is 4.39 Å². The highest BCUT2D eigenvalue weighted by Gasteiger charge is 2.53. The number of hydrogen-bond donors (Lipinski definition) is 1. The Balaban J connectivity index is 1.77. The minimum Gasteiger partial charge on any atom is -0.396 e. The summed E-state index contributed by atoms with van der Waals surface area (Å²) in [6.45, 7) is 2.78. The van der Waals surface area contributed by atoms with Crippen molar-refractivity contribution in [2.45, 2.75) is 19.3 Å². The SMILES string of the molecule is OCC1CC12CCN(CCF)CC2. The molecule has 0 aromatic carbocycles.